The number of ether oxygens (including phenoxy) is 2. The Morgan fingerprint density at radius 3 is 2.37 bits per heavy atom. The molecule has 0 saturated carbocycles. The Labute approximate surface area is 107 Å². The first-order chi connectivity index (χ1) is 9.00. The standard InChI is InChI=1S/C12H10O7/c13-10(14)7-2-1-3-8(9(7)11(15)16)12(17)19-5-6-4-18-6/h1-3,6H,4-5H2,(H,13,14)(H,15,16). The van der Waals surface area contributed by atoms with Crippen LogP contribution < -0.4 is 0 Å². The molecular formula is C12H10O7. The van der Waals surface area contributed by atoms with E-state index in [-0.39, 0.29) is 18.3 Å². The number of epoxide rings is 1. The van der Waals surface area contributed by atoms with Crippen molar-refractivity contribution in [1.29, 1.82) is 0 Å². The molecule has 2 N–H and O–H groups in total. The van der Waals surface area contributed by atoms with Crippen molar-refractivity contribution in [1.82, 2.24) is 0 Å². The molecule has 0 radical (unpaired) electrons. The molecule has 1 unspecified atom stereocenters. The Kier molecular flexibility index (Phi) is 3.48. The van der Waals surface area contributed by atoms with Crippen molar-refractivity contribution in [2.45, 2.75) is 6.10 Å². The van der Waals surface area contributed by atoms with Gasteiger partial charge in [-0.2, -0.15) is 0 Å². The number of rotatable bonds is 5. The molecule has 1 fully saturated rings. The van der Waals surface area contributed by atoms with Gasteiger partial charge in [-0.1, -0.05) is 6.07 Å². The number of esters is 1. The highest BCUT2D eigenvalue weighted by Crippen LogP contribution is 2.18. The molecule has 1 aliphatic heterocycles. The topological polar surface area (TPSA) is 113 Å². The first kappa shape index (κ1) is 13.0. The van der Waals surface area contributed by atoms with E-state index in [0.29, 0.717) is 6.61 Å². The van der Waals surface area contributed by atoms with Crippen LogP contribution in [0.15, 0.2) is 18.2 Å². The summed E-state index contributed by atoms with van der Waals surface area (Å²) in [5, 5.41) is 18.0. The molecule has 0 aliphatic carbocycles. The van der Waals surface area contributed by atoms with Gasteiger partial charge in [-0.05, 0) is 12.1 Å². The summed E-state index contributed by atoms with van der Waals surface area (Å²) in [6, 6.07) is 3.62. The van der Waals surface area contributed by atoms with Crippen LogP contribution in [-0.4, -0.2) is 47.4 Å². The third kappa shape index (κ3) is 2.89. The smallest absolute Gasteiger partial charge is 0.339 e. The maximum Gasteiger partial charge on any atom is 0.339 e. The zero-order valence-corrected chi connectivity index (χ0v) is 9.66. The van der Waals surface area contributed by atoms with Crippen molar-refractivity contribution in [2.24, 2.45) is 0 Å². The van der Waals surface area contributed by atoms with Crippen LogP contribution in [0.1, 0.15) is 31.1 Å². The van der Waals surface area contributed by atoms with E-state index in [1.807, 2.05) is 0 Å². The van der Waals surface area contributed by atoms with Crippen molar-refractivity contribution in [3.8, 4) is 0 Å². The number of carbonyl (C=O) groups is 3. The second-order valence-corrected chi connectivity index (χ2v) is 3.89. The molecule has 0 bridgehead atoms. The first-order valence-corrected chi connectivity index (χ1v) is 5.39. The van der Waals surface area contributed by atoms with Crippen molar-refractivity contribution in [2.75, 3.05) is 13.2 Å². The van der Waals surface area contributed by atoms with Gasteiger partial charge in [0.25, 0.3) is 0 Å². The Balaban J connectivity index is 2.32. The molecule has 1 saturated heterocycles. The average molecular weight is 266 g/mol. The van der Waals surface area contributed by atoms with Gasteiger partial charge in [0.1, 0.15) is 12.7 Å². The van der Waals surface area contributed by atoms with Gasteiger partial charge in [-0.3, -0.25) is 0 Å². The summed E-state index contributed by atoms with van der Waals surface area (Å²) in [5.41, 5.74) is -1.31. The first-order valence-electron chi connectivity index (χ1n) is 5.39. The molecule has 1 atom stereocenters. The van der Waals surface area contributed by atoms with Crippen LogP contribution in [-0.2, 0) is 9.47 Å². The average Bonchev–Trinajstić information content (AvgIpc) is 3.18. The van der Waals surface area contributed by atoms with E-state index in [1.54, 1.807) is 0 Å². The highest BCUT2D eigenvalue weighted by molar-refractivity contribution is 6.09. The van der Waals surface area contributed by atoms with Crippen LogP contribution in [0.25, 0.3) is 0 Å². The van der Waals surface area contributed by atoms with Gasteiger partial charge in [-0.25, -0.2) is 14.4 Å². The van der Waals surface area contributed by atoms with E-state index in [0.717, 1.165) is 6.07 Å². The highest BCUT2D eigenvalue weighted by atomic mass is 16.6. The van der Waals surface area contributed by atoms with E-state index < -0.39 is 29.0 Å². The van der Waals surface area contributed by atoms with Crippen LogP contribution >= 0.6 is 0 Å². The fourth-order valence-corrected chi connectivity index (χ4v) is 1.54. The van der Waals surface area contributed by atoms with Gasteiger partial charge in [0.15, 0.2) is 0 Å². The lowest BCUT2D eigenvalue weighted by atomic mass is 10.0. The SMILES string of the molecule is O=C(O)c1cccc(C(=O)OCC2CO2)c1C(=O)O. The lowest BCUT2D eigenvalue weighted by Gasteiger charge is -2.08. The normalized spacial score (nSPS) is 16.7. The zero-order valence-electron chi connectivity index (χ0n) is 9.66. The molecule has 0 spiro atoms. The summed E-state index contributed by atoms with van der Waals surface area (Å²) in [6.45, 7) is 0.517. The largest absolute Gasteiger partial charge is 0.478 e. The summed E-state index contributed by atoms with van der Waals surface area (Å²) in [5.74, 6) is -3.79. The van der Waals surface area contributed by atoms with Crippen molar-refractivity contribution >= 4 is 17.9 Å². The quantitative estimate of drug-likeness (QED) is 0.593. The van der Waals surface area contributed by atoms with Crippen LogP contribution in [0, 0.1) is 0 Å². The third-order valence-electron chi connectivity index (χ3n) is 2.53. The molecule has 2 rings (SSSR count). The molecule has 7 heteroatoms. The summed E-state index contributed by atoms with van der Waals surface area (Å²) < 4.78 is 9.70. The van der Waals surface area contributed by atoms with Crippen molar-refractivity contribution in [3.63, 3.8) is 0 Å². The zero-order chi connectivity index (χ0) is 14.0. The number of hydrogen-bond acceptors (Lipinski definition) is 5. The summed E-state index contributed by atoms with van der Waals surface area (Å²) >= 11 is 0. The van der Waals surface area contributed by atoms with Gasteiger partial charge in [0, 0.05) is 0 Å². The molecule has 1 aromatic carbocycles. The van der Waals surface area contributed by atoms with Gasteiger partial charge >= 0.3 is 17.9 Å². The number of carboxylic acid groups (broad SMARTS) is 2. The number of hydrogen-bond donors (Lipinski definition) is 2. The van der Waals surface area contributed by atoms with Crippen LogP contribution in [0.2, 0.25) is 0 Å². The number of carboxylic acids is 2. The minimum Gasteiger partial charge on any atom is -0.478 e. The molecule has 1 heterocycles. The Hall–Kier alpha value is -2.41. The maximum atomic E-state index is 11.7. The van der Waals surface area contributed by atoms with Gasteiger partial charge in [-0.15, -0.1) is 0 Å². The lowest BCUT2D eigenvalue weighted by molar-refractivity contribution is 0.0467. The Bertz CT molecular complexity index is 545. The van der Waals surface area contributed by atoms with E-state index in [2.05, 4.69) is 0 Å². The number of benzene rings is 1. The van der Waals surface area contributed by atoms with Gasteiger partial charge in [0.2, 0.25) is 0 Å². The van der Waals surface area contributed by atoms with E-state index in [9.17, 15) is 14.4 Å². The lowest BCUT2D eigenvalue weighted by Crippen LogP contribution is -2.17. The minimum atomic E-state index is -1.49. The molecule has 100 valence electrons. The predicted octanol–water partition coefficient (Wildman–Crippen LogP) is 0.639. The second kappa shape index (κ2) is 5.07. The van der Waals surface area contributed by atoms with Crippen molar-refractivity contribution < 1.29 is 34.1 Å². The Morgan fingerprint density at radius 2 is 1.84 bits per heavy atom. The molecule has 7 nitrogen and oxygen atoms in total. The van der Waals surface area contributed by atoms with Crippen LogP contribution in [0.5, 0.6) is 0 Å². The summed E-state index contributed by atoms with van der Waals surface area (Å²) in [6.07, 6.45) is -0.153. The molecule has 1 aromatic rings. The fraction of sp³-hybridized carbons (Fsp3) is 0.250. The van der Waals surface area contributed by atoms with E-state index in [1.165, 1.54) is 12.1 Å². The van der Waals surface area contributed by atoms with Crippen LogP contribution in [0.3, 0.4) is 0 Å². The Morgan fingerprint density at radius 1 is 1.21 bits per heavy atom. The predicted molar refractivity (Wildman–Crippen MR) is 60.4 cm³/mol. The summed E-state index contributed by atoms with van der Waals surface area (Å²) in [7, 11) is 0. The molecule has 19 heavy (non-hydrogen) atoms. The minimum absolute atomic E-state index is 0.0230. The summed E-state index contributed by atoms with van der Waals surface area (Å²) in [4.78, 5) is 33.8. The maximum absolute atomic E-state index is 11.7. The number of aromatic carboxylic acids is 2. The molecule has 1 aliphatic rings. The molecule has 0 aromatic heterocycles. The highest BCUT2D eigenvalue weighted by Gasteiger charge is 2.28. The monoisotopic (exact) mass is 266 g/mol. The fourth-order valence-electron chi connectivity index (χ4n) is 1.54. The van der Waals surface area contributed by atoms with Crippen molar-refractivity contribution in [3.05, 3.63) is 34.9 Å². The number of carbonyl (C=O) groups excluding carboxylic acids is 1. The van der Waals surface area contributed by atoms with E-state index >= 15 is 0 Å². The van der Waals surface area contributed by atoms with Gasteiger partial charge in [0.05, 0.1) is 23.3 Å². The van der Waals surface area contributed by atoms with Gasteiger partial charge < -0.3 is 19.7 Å². The second-order valence-electron chi connectivity index (χ2n) is 3.89. The van der Waals surface area contributed by atoms with E-state index in [4.69, 9.17) is 19.7 Å². The molecule has 0 amide bonds. The molecular weight excluding hydrogens is 256 g/mol. The third-order valence-corrected chi connectivity index (χ3v) is 2.53. The van der Waals surface area contributed by atoms with Crippen LogP contribution in [0.4, 0.5) is 0 Å².